The lowest BCUT2D eigenvalue weighted by Gasteiger charge is -2.07. The van der Waals surface area contributed by atoms with E-state index in [0.717, 1.165) is 27.1 Å². The van der Waals surface area contributed by atoms with Crippen molar-refractivity contribution in [3.8, 4) is 6.07 Å². The van der Waals surface area contributed by atoms with E-state index in [0.29, 0.717) is 0 Å². The maximum absolute atomic E-state index is 9.44. The van der Waals surface area contributed by atoms with Crippen LogP contribution in [0.15, 0.2) is 42.5 Å². The fourth-order valence-corrected chi connectivity index (χ4v) is 2.47. The molecule has 1 nitrogen and oxygen atoms in total. The molecule has 0 saturated heterocycles. The molecule has 0 saturated carbocycles. The third kappa shape index (κ3) is 1.55. The summed E-state index contributed by atoms with van der Waals surface area (Å²) in [7, 11) is 0. The summed E-state index contributed by atoms with van der Waals surface area (Å²) in [6, 6.07) is 17.0. The average Bonchev–Trinajstić information content (AvgIpc) is 2.36. The fourth-order valence-electron chi connectivity index (χ4n) is 2.47. The number of rotatable bonds is 0. The highest BCUT2D eigenvalue weighted by Crippen LogP contribution is 2.29. The van der Waals surface area contributed by atoms with Gasteiger partial charge in [-0.05, 0) is 30.7 Å². The van der Waals surface area contributed by atoms with Gasteiger partial charge in [-0.1, -0.05) is 47.5 Å². The first-order valence-corrected chi connectivity index (χ1v) is 6.03. The summed E-state index contributed by atoms with van der Waals surface area (Å²) in [5.74, 6) is 0. The van der Waals surface area contributed by atoms with Crippen LogP contribution in [0.1, 0.15) is 16.7 Å². The van der Waals surface area contributed by atoms with Gasteiger partial charge in [0.1, 0.15) is 6.07 Å². The minimum absolute atomic E-state index is 0.784. The van der Waals surface area contributed by atoms with Crippen molar-refractivity contribution in [2.24, 2.45) is 0 Å². The van der Waals surface area contributed by atoms with Gasteiger partial charge in [0.25, 0.3) is 0 Å². The molecular formula is C17H13N. The van der Waals surface area contributed by atoms with E-state index in [1.807, 2.05) is 6.07 Å². The van der Waals surface area contributed by atoms with Crippen molar-refractivity contribution in [1.29, 1.82) is 5.26 Å². The second kappa shape index (κ2) is 3.85. The van der Waals surface area contributed by atoms with Crippen molar-refractivity contribution >= 4 is 21.5 Å². The molecule has 0 unspecified atom stereocenters. The zero-order valence-corrected chi connectivity index (χ0v) is 10.5. The molecule has 0 bridgehead atoms. The highest BCUT2D eigenvalue weighted by molar-refractivity contribution is 6.04. The molecular weight excluding hydrogens is 218 g/mol. The van der Waals surface area contributed by atoms with Crippen LogP contribution in [0.3, 0.4) is 0 Å². The first-order chi connectivity index (χ1) is 8.69. The number of nitriles is 1. The Hall–Kier alpha value is -2.33. The van der Waals surface area contributed by atoms with E-state index in [4.69, 9.17) is 0 Å². The first-order valence-electron chi connectivity index (χ1n) is 6.03. The maximum Gasteiger partial charge on any atom is 0.100 e. The van der Waals surface area contributed by atoms with E-state index in [2.05, 4.69) is 56.3 Å². The van der Waals surface area contributed by atoms with Crippen LogP contribution in [0.5, 0.6) is 0 Å². The standard InChI is InChI=1S/C17H13N/c1-11-4-6-15-14(7-11)9-13-5-3-12(2)8-16(13)17(15)10-18/h3-9H,1-2H3. The summed E-state index contributed by atoms with van der Waals surface area (Å²) < 4.78 is 0. The number of hydrogen-bond donors (Lipinski definition) is 0. The summed E-state index contributed by atoms with van der Waals surface area (Å²) in [6.45, 7) is 4.13. The largest absolute Gasteiger partial charge is 0.192 e. The second-order valence-corrected chi connectivity index (χ2v) is 4.81. The van der Waals surface area contributed by atoms with Gasteiger partial charge in [0.2, 0.25) is 0 Å². The number of hydrogen-bond acceptors (Lipinski definition) is 1. The topological polar surface area (TPSA) is 23.8 Å². The van der Waals surface area contributed by atoms with E-state index in [1.165, 1.54) is 11.1 Å². The van der Waals surface area contributed by atoms with E-state index < -0.39 is 0 Å². The minimum atomic E-state index is 0.784. The molecule has 0 aliphatic heterocycles. The SMILES string of the molecule is Cc1ccc2c(C#N)c3cc(C)ccc3cc2c1. The highest BCUT2D eigenvalue weighted by atomic mass is 14.2. The van der Waals surface area contributed by atoms with Gasteiger partial charge in [0.05, 0.1) is 5.56 Å². The summed E-state index contributed by atoms with van der Waals surface area (Å²) >= 11 is 0. The van der Waals surface area contributed by atoms with Crippen LogP contribution in [-0.2, 0) is 0 Å². The van der Waals surface area contributed by atoms with Crippen molar-refractivity contribution in [3.63, 3.8) is 0 Å². The average molecular weight is 231 g/mol. The normalized spacial score (nSPS) is 10.7. The molecule has 0 fully saturated rings. The molecule has 0 radical (unpaired) electrons. The lowest BCUT2D eigenvalue weighted by Crippen LogP contribution is -1.86. The molecule has 3 aromatic carbocycles. The van der Waals surface area contributed by atoms with Gasteiger partial charge in [-0.25, -0.2) is 0 Å². The smallest absolute Gasteiger partial charge is 0.100 e. The minimum Gasteiger partial charge on any atom is -0.192 e. The van der Waals surface area contributed by atoms with E-state index in [1.54, 1.807) is 0 Å². The highest BCUT2D eigenvalue weighted by Gasteiger charge is 2.07. The van der Waals surface area contributed by atoms with E-state index in [-0.39, 0.29) is 0 Å². The first kappa shape index (κ1) is 10.8. The third-order valence-corrected chi connectivity index (χ3v) is 3.38. The van der Waals surface area contributed by atoms with Gasteiger partial charge in [-0.3, -0.25) is 0 Å². The Morgan fingerprint density at radius 1 is 0.778 bits per heavy atom. The predicted octanol–water partition coefficient (Wildman–Crippen LogP) is 4.48. The van der Waals surface area contributed by atoms with Crippen LogP contribution in [0, 0.1) is 25.2 Å². The molecule has 0 aliphatic carbocycles. The predicted molar refractivity (Wildman–Crippen MR) is 75.6 cm³/mol. The lowest BCUT2D eigenvalue weighted by molar-refractivity contribution is 1.48. The Labute approximate surface area is 106 Å². The molecule has 0 heterocycles. The lowest BCUT2D eigenvalue weighted by atomic mass is 9.95. The van der Waals surface area contributed by atoms with Gasteiger partial charge in [0, 0.05) is 10.8 Å². The van der Waals surface area contributed by atoms with Gasteiger partial charge < -0.3 is 0 Å². The zero-order chi connectivity index (χ0) is 12.7. The van der Waals surface area contributed by atoms with Crippen LogP contribution in [0.4, 0.5) is 0 Å². The number of nitrogens with zero attached hydrogens (tertiary/aromatic N) is 1. The summed E-state index contributed by atoms with van der Waals surface area (Å²) in [5.41, 5.74) is 3.19. The monoisotopic (exact) mass is 231 g/mol. The van der Waals surface area contributed by atoms with Crippen LogP contribution >= 0.6 is 0 Å². The van der Waals surface area contributed by atoms with E-state index in [9.17, 15) is 5.26 Å². The molecule has 0 spiro atoms. The van der Waals surface area contributed by atoms with Crippen molar-refractivity contribution in [2.75, 3.05) is 0 Å². The van der Waals surface area contributed by atoms with Crippen molar-refractivity contribution in [2.45, 2.75) is 13.8 Å². The molecule has 0 aromatic heterocycles. The number of fused-ring (bicyclic) bond motifs is 2. The Kier molecular flexibility index (Phi) is 2.31. The molecule has 1 heteroatoms. The molecule has 86 valence electrons. The summed E-state index contributed by atoms with van der Waals surface area (Å²) in [4.78, 5) is 0. The Balaban J connectivity index is 2.57. The third-order valence-electron chi connectivity index (χ3n) is 3.38. The maximum atomic E-state index is 9.44. The second-order valence-electron chi connectivity index (χ2n) is 4.81. The molecule has 0 amide bonds. The zero-order valence-electron chi connectivity index (χ0n) is 10.5. The van der Waals surface area contributed by atoms with E-state index >= 15 is 0 Å². The Morgan fingerprint density at radius 2 is 1.50 bits per heavy atom. The molecule has 0 N–H and O–H groups in total. The van der Waals surface area contributed by atoms with Gasteiger partial charge in [-0.2, -0.15) is 5.26 Å². The molecule has 18 heavy (non-hydrogen) atoms. The molecule has 0 atom stereocenters. The van der Waals surface area contributed by atoms with Gasteiger partial charge >= 0.3 is 0 Å². The Morgan fingerprint density at radius 3 is 2.28 bits per heavy atom. The van der Waals surface area contributed by atoms with Crippen molar-refractivity contribution < 1.29 is 0 Å². The summed E-state index contributed by atoms with van der Waals surface area (Å²) in [5, 5.41) is 13.8. The van der Waals surface area contributed by atoms with Crippen LogP contribution < -0.4 is 0 Å². The number of benzene rings is 3. The van der Waals surface area contributed by atoms with Gasteiger partial charge in [-0.15, -0.1) is 0 Å². The fraction of sp³-hybridized carbons (Fsp3) is 0.118. The quantitative estimate of drug-likeness (QED) is 0.523. The van der Waals surface area contributed by atoms with Crippen LogP contribution in [-0.4, -0.2) is 0 Å². The molecule has 3 rings (SSSR count). The molecule has 3 aromatic rings. The van der Waals surface area contributed by atoms with Crippen LogP contribution in [0.2, 0.25) is 0 Å². The van der Waals surface area contributed by atoms with Crippen molar-refractivity contribution in [3.05, 3.63) is 59.2 Å². The Bertz CT molecular complexity index is 807. The van der Waals surface area contributed by atoms with Crippen molar-refractivity contribution in [1.82, 2.24) is 0 Å². The summed E-state index contributed by atoms with van der Waals surface area (Å²) in [6.07, 6.45) is 0. The van der Waals surface area contributed by atoms with Gasteiger partial charge in [0.15, 0.2) is 0 Å². The molecule has 0 aliphatic rings. The van der Waals surface area contributed by atoms with Crippen LogP contribution in [0.25, 0.3) is 21.5 Å². The number of aryl methyl sites for hydroxylation is 2.